The molecule has 0 aliphatic rings. The highest BCUT2D eigenvalue weighted by atomic mass is 35.5. The van der Waals surface area contributed by atoms with Crippen molar-refractivity contribution in [3.8, 4) is 0 Å². The Kier molecular flexibility index (Phi) is 6.44. The first kappa shape index (κ1) is 20.1. The van der Waals surface area contributed by atoms with Gasteiger partial charge < -0.3 is 0 Å². The first-order valence-corrected chi connectivity index (χ1v) is 11.7. The summed E-state index contributed by atoms with van der Waals surface area (Å²) in [5, 5.41) is 2.32. The van der Waals surface area contributed by atoms with Gasteiger partial charge >= 0.3 is 0 Å². The average molecular weight is 425 g/mol. The Bertz CT molecular complexity index is 955. The summed E-state index contributed by atoms with van der Waals surface area (Å²) >= 11 is 7.12. The average Bonchev–Trinajstić information content (AvgIpc) is 2.92. The lowest BCUT2D eigenvalue weighted by atomic mass is 10.2. The lowest BCUT2D eigenvalue weighted by molar-refractivity contribution is 0.315. The number of anilines is 1. The minimum atomic E-state index is -3.79. The van der Waals surface area contributed by atoms with Gasteiger partial charge in [-0.3, -0.25) is 8.91 Å². The molecule has 25 heavy (non-hydrogen) atoms. The summed E-state index contributed by atoms with van der Waals surface area (Å²) in [6.45, 7) is 1.69. The zero-order chi connectivity index (χ0) is 18.7. The Morgan fingerprint density at radius 2 is 2.00 bits per heavy atom. The van der Waals surface area contributed by atoms with E-state index < -0.39 is 20.1 Å². The van der Waals surface area contributed by atoms with Gasteiger partial charge in [0, 0.05) is 10.4 Å². The van der Waals surface area contributed by atoms with E-state index in [-0.39, 0.29) is 16.6 Å². The van der Waals surface area contributed by atoms with Gasteiger partial charge in [0.05, 0.1) is 23.5 Å². The van der Waals surface area contributed by atoms with Gasteiger partial charge in [0.1, 0.15) is 0 Å². The molecule has 0 aliphatic carbocycles. The predicted octanol–water partition coefficient (Wildman–Crippen LogP) is 2.81. The summed E-state index contributed by atoms with van der Waals surface area (Å²) in [5.41, 5.74) is 1.12. The quantitative estimate of drug-likeness (QED) is 0.516. The zero-order valence-electron chi connectivity index (χ0n) is 13.5. The number of hydrogen-bond acceptors (Lipinski definition) is 7. The number of benzene rings is 1. The molecular formula is C14H17ClN2O5S3. The van der Waals surface area contributed by atoms with Crippen molar-refractivity contribution in [3.05, 3.63) is 39.9 Å². The van der Waals surface area contributed by atoms with Gasteiger partial charge in [-0.1, -0.05) is 17.7 Å². The van der Waals surface area contributed by atoms with Gasteiger partial charge in [-0.15, -0.1) is 11.3 Å². The van der Waals surface area contributed by atoms with E-state index in [1.807, 2.05) is 0 Å². The second kappa shape index (κ2) is 8.00. The van der Waals surface area contributed by atoms with E-state index in [2.05, 4.69) is 13.9 Å². The van der Waals surface area contributed by atoms with Crippen LogP contribution < -0.4 is 4.72 Å². The van der Waals surface area contributed by atoms with Crippen LogP contribution in [0.5, 0.6) is 0 Å². The van der Waals surface area contributed by atoms with Crippen LogP contribution in [0.3, 0.4) is 0 Å². The Morgan fingerprint density at radius 1 is 1.28 bits per heavy atom. The van der Waals surface area contributed by atoms with Crippen molar-refractivity contribution >= 4 is 48.2 Å². The Morgan fingerprint density at radius 3 is 2.68 bits per heavy atom. The molecule has 11 heteroatoms. The Hall–Kier alpha value is -1.20. The van der Waals surface area contributed by atoms with Crippen LogP contribution in [0, 0.1) is 6.92 Å². The van der Waals surface area contributed by atoms with Crippen LogP contribution in [0.1, 0.15) is 17.7 Å². The number of nitrogens with zero attached hydrogens (tertiary/aromatic N) is 1. The molecular weight excluding hydrogens is 408 g/mol. The molecule has 0 saturated heterocycles. The molecule has 1 heterocycles. The second-order valence-electron chi connectivity index (χ2n) is 5.24. The molecule has 0 spiro atoms. The number of aryl methyl sites for hydroxylation is 1. The fourth-order valence-electron chi connectivity index (χ4n) is 1.98. The fraction of sp³-hybridized carbons (Fsp3) is 0.357. The van der Waals surface area contributed by atoms with E-state index in [4.69, 9.17) is 11.6 Å². The summed E-state index contributed by atoms with van der Waals surface area (Å²) in [6.07, 6.45) is 1.92. The predicted molar refractivity (Wildman–Crippen MR) is 98.2 cm³/mol. The zero-order valence-corrected chi connectivity index (χ0v) is 16.7. The lowest BCUT2D eigenvalue weighted by Gasteiger charge is -2.09. The van der Waals surface area contributed by atoms with Crippen molar-refractivity contribution in [2.75, 3.05) is 17.6 Å². The van der Waals surface area contributed by atoms with Crippen molar-refractivity contribution < 1.29 is 21.0 Å². The van der Waals surface area contributed by atoms with E-state index in [1.165, 1.54) is 6.07 Å². The monoisotopic (exact) mass is 424 g/mol. The standard InChI is InChI=1S/C14H17ClN2O5S3/c1-10-12(15)6-3-7-13(10)25(20,21)17-14-16-11(9-23-14)5-4-8-22-24(2,18)19/h3,6-7,9H,4-5,8H2,1-2H3,(H,16,17). The first-order valence-electron chi connectivity index (χ1n) is 7.15. The number of halogens is 1. The first-order chi connectivity index (χ1) is 11.6. The smallest absolute Gasteiger partial charge is 0.264 e. The number of aromatic nitrogens is 1. The van der Waals surface area contributed by atoms with Crippen LogP contribution in [0.15, 0.2) is 28.5 Å². The largest absolute Gasteiger partial charge is 0.270 e. The maximum atomic E-state index is 12.5. The summed E-state index contributed by atoms with van der Waals surface area (Å²) in [6, 6.07) is 4.66. The van der Waals surface area contributed by atoms with Crippen LogP contribution in [-0.4, -0.2) is 34.7 Å². The highest BCUT2D eigenvalue weighted by molar-refractivity contribution is 7.93. The van der Waals surface area contributed by atoms with Crippen molar-refractivity contribution in [3.63, 3.8) is 0 Å². The van der Waals surface area contributed by atoms with Crippen LogP contribution in [0.2, 0.25) is 5.02 Å². The topological polar surface area (TPSA) is 102 Å². The minimum Gasteiger partial charge on any atom is -0.270 e. The van der Waals surface area contributed by atoms with E-state index in [1.54, 1.807) is 24.4 Å². The molecule has 2 aromatic rings. The highest BCUT2D eigenvalue weighted by Crippen LogP contribution is 2.26. The van der Waals surface area contributed by atoms with Crippen molar-refractivity contribution in [2.24, 2.45) is 0 Å². The normalized spacial score (nSPS) is 12.3. The molecule has 1 aromatic heterocycles. The second-order valence-corrected chi connectivity index (χ2v) is 9.80. The summed E-state index contributed by atoms with van der Waals surface area (Å²) in [7, 11) is -7.24. The van der Waals surface area contributed by atoms with Crippen molar-refractivity contribution in [2.45, 2.75) is 24.7 Å². The molecule has 0 atom stereocenters. The number of hydrogen-bond donors (Lipinski definition) is 1. The molecule has 0 amide bonds. The summed E-state index contributed by atoms with van der Waals surface area (Å²) < 4.78 is 53.7. The molecule has 138 valence electrons. The van der Waals surface area contributed by atoms with Gasteiger partial charge in [0.25, 0.3) is 20.1 Å². The molecule has 0 fully saturated rings. The molecule has 0 saturated carbocycles. The molecule has 0 radical (unpaired) electrons. The third-order valence-corrected chi connectivity index (χ3v) is 6.58. The maximum Gasteiger partial charge on any atom is 0.264 e. The van der Waals surface area contributed by atoms with Gasteiger partial charge in [-0.05, 0) is 37.5 Å². The van der Waals surface area contributed by atoms with Gasteiger partial charge in [-0.2, -0.15) is 8.42 Å². The Balaban J connectivity index is 2.01. The number of rotatable bonds is 8. The van der Waals surface area contributed by atoms with Gasteiger partial charge in [0.15, 0.2) is 5.13 Å². The SMILES string of the molecule is Cc1c(Cl)cccc1S(=O)(=O)Nc1nc(CCCOS(C)(=O)=O)cs1. The lowest BCUT2D eigenvalue weighted by Crippen LogP contribution is -2.14. The number of nitrogens with one attached hydrogen (secondary N) is 1. The van der Waals surface area contributed by atoms with Crippen molar-refractivity contribution in [1.29, 1.82) is 0 Å². The molecule has 0 bridgehead atoms. The number of thiazole rings is 1. The maximum absolute atomic E-state index is 12.5. The van der Waals surface area contributed by atoms with Crippen molar-refractivity contribution in [1.82, 2.24) is 4.98 Å². The molecule has 0 unspecified atom stereocenters. The summed E-state index contributed by atoms with van der Waals surface area (Å²) in [5.74, 6) is 0. The molecule has 2 rings (SSSR count). The van der Waals surface area contributed by atoms with E-state index in [0.29, 0.717) is 29.1 Å². The summed E-state index contributed by atoms with van der Waals surface area (Å²) in [4.78, 5) is 4.29. The fourth-order valence-corrected chi connectivity index (χ4v) is 4.90. The van der Waals surface area contributed by atoms with E-state index >= 15 is 0 Å². The molecule has 1 aromatic carbocycles. The van der Waals surface area contributed by atoms with Gasteiger partial charge in [-0.25, -0.2) is 13.4 Å². The third kappa shape index (κ3) is 5.93. The number of sulfonamides is 1. The van der Waals surface area contributed by atoms with Gasteiger partial charge in [0.2, 0.25) is 0 Å². The minimum absolute atomic E-state index is 0.0547. The third-order valence-electron chi connectivity index (χ3n) is 3.16. The molecule has 1 N–H and O–H groups in total. The van der Waals surface area contributed by atoms with E-state index in [0.717, 1.165) is 17.6 Å². The highest BCUT2D eigenvalue weighted by Gasteiger charge is 2.19. The van der Waals surface area contributed by atoms with Crippen LogP contribution in [-0.2, 0) is 30.7 Å². The molecule has 0 aliphatic heterocycles. The van der Waals surface area contributed by atoms with Crippen LogP contribution in [0.25, 0.3) is 0 Å². The van der Waals surface area contributed by atoms with E-state index in [9.17, 15) is 16.8 Å². The molecule has 7 nitrogen and oxygen atoms in total. The van der Waals surface area contributed by atoms with Crippen LogP contribution >= 0.6 is 22.9 Å². The van der Waals surface area contributed by atoms with Crippen LogP contribution in [0.4, 0.5) is 5.13 Å². The Labute approximate surface area is 156 Å².